The maximum atomic E-state index is 2.41. The molecule has 0 spiro atoms. The summed E-state index contributed by atoms with van der Waals surface area (Å²) >= 11 is 0. The topological polar surface area (TPSA) is 0 Å². The van der Waals surface area contributed by atoms with Crippen LogP contribution in [0.5, 0.6) is 0 Å². The molecule has 0 aliphatic heterocycles. The van der Waals surface area contributed by atoms with Gasteiger partial charge >= 0.3 is 0 Å². The van der Waals surface area contributed by atoms with Crippen LogP contribution in [0.2, 0.25) is 0 Å². The number of rotatable bonds is 1. The van der Waals surface area contributed by atoms with E-state index in [9.17, 15) is 0 Å². The number of benzene rings is 4. The lowest BCUT2D eigenvalue weighted by atomic mass is 9.80. The van der Waals surface area contributed by atoms with E-state index in [0.29, 0.717) is 0 Å². The second kappa shape index (κ2) is 5.57. The van der Waals surface area contributed by atoms with Gasteiger partial charge in [0.05, 0.1) is 0 Å². The standard InChI is InChI=1S/C27H24/c1-17-8-7-9-19(14-17)20-12-13-23-24(16-20)27(3,4)25-15-18(2)21-10-5-6-11-22(21)26(23)25/h5-16H,1-4H3. The van der Waals surface area contributed by atoms with Crippen molar-refractivity contribution >= 4 is 10.8 Å². The first-order valence-corrected chi connectivity index (χ1v) is 9.71. The van der Waals surface area contributed by atoms with Gasteiger partial charge in [0.2, 0.25) is 0 Å². The van der Waals surface area contributed by atoms with E-state index in [1.54, 1.807) is 0 Å². The van der Waals surface area contributed by atoms with Gasteiger partial charge in [0.15, 0.2) is 0 Å². The van der Waals surface area contributed by atoms with Crippen molar-refractivity contribution < 1.29 is 0 Å². The summed E-state index contributed by atoms with van der Waals surface area (Å²) in [4.78, 5) is 0. The fraction of sp³-hybridized carbons (Fsp3) is 0.185. The predicted octanol–water partition coefficient (Wildman–Crippen LogP) is 7.43. The Morgan fingerprint density at radius 3 is 2.15 bits per heavy atom. The fourth-order valence-electron chi connectivity index (χ4n) is 4.77. The van der Waals surface area contributed by atoms with Crippen molar-refractivity contribution in [2.75, 3.05) is 0 Å². The molecule has 0 N–H and O–H groups in total. The zero-order valence-corrected chi connectivity index (χ0v) is 16.4. The molecule has 1 aliphatic carbocycles. The maximum absolute atomic E-state index is 2.41. The summed E-state index contributed by atoms with van der Waals surface area (Å²) in [5, 5.41) is 2.74. The predicted molar refractivity (Wildman–Crippen MR) is 116 cm³/mol. The highest BCUT2D eigenvalue weighted by Crippen LogP contribution is 2.52. The van der Waals surface area contributed by atoms with Crippen LogP contribution in [0.15, 0.2) is 72.8 Å². The molecule has 4 aromatic rings. The van der Waals surface area contributed by atoms with Crippen LogP contribution in [0.4, 0.5) is 0 Å². The average Bonchev–Trinajstić information content (AvgIpc) is 2.89. The molecule has 4 aromatic carbocycles. The van der Waals surface area contributed by atoms with Gasteiger partial charge < -0.3 is 0 Å². The molecule has 0 nitrogen and oxygen atoms in total. The van der Waals surface area contributed by atoms with Crippen LogP contribution in [-0.4, -0.2) is 0 Å². The van der Waals surface area contributed by atoms with Crippen LogP contribution in [0, 0.1) is 13.8 Å². The van der Waals surface area contributed by atoms with E-state index in [2.05, 4.69) is 100 Å². The van der Waals surface area contributed by atoms with E-state index in [-0.39, 0.29) is 5.41 Å². The largest absolute Gasteiger partial charge is 0.0616 e. The van der Waals surface area contributed by atoms with E-state index in [1.165, 1.54) is 55.3 Å². The van der Waals surface area contributed by atoms with Gasteiger partial charge in [-0.05, 0) is 69.6 Å². The highest BCUT2D eigenvalue weighted by molar-refractivity contribution is 6.04. The summed E-state index contributed by atoms with van der Waals surface area (Å²) in [7, 11) is 0. The first-order valence-electron chi connectivity index (χ1n) is 9.71. The van der Waals surface area contributed by atoms with E-state index in [0.717, 1.165) is 0 Å². The Hall–Kier alpha value is -2.86. The van der Waals surface area contributed by atoms with Crippen molar-refractivity contribution in [1.29, 1.82) is 0 Å². The molecule has 0 heterocycles. The van der Waals surface area contributed by atoms with Crippen LogP contribution < -0.4 is 0 Å². The fourth-order valence-corrected chi connectivity index (χ4v) is 4.77. The lowest BCUT2D eigenvalue weighted by Gasteiger charge is -2.23. The third-order valence-electron chi connectivity index (χ3n) is 6.24. The van der Waals surface area contributed by atoms with E-state index in [4.69, 9.17) is 0 Å². The summed E-state index contributed by atoms with van der Waals surface area (Å²) in [6.45, 7) is 9.13. The minimum atomic E-state index is 0.0132. The molecular formula is C27H24. The normalized spacial score (nSPS) is 14.2. The van der Waals surface area contributed by atoms with Crippen molar-refractivity contribution in [3.63, 3.8) is 0 Å². The van der Waals surface area contributed by atoms with E-state index in [1.807, 2.05) is 0 Å². The van der Waals surface area contributed by atoms with Crippen LogP contribution in [0.3, 0.4) is 0 Å². The van der Waals surface area contributed by atoms with Gasteiger partial charge in [-0.2, -0.15) is 0 Å². The molecular weight excluding hydrogens is 324 g/mol. The second-order valence-corrected chi connectivity index (χ2v) is 8.42. The molecule has 0 saturated heterocycles. The van der Waals surface area contributed by atoms with Crippen LogP contribution in [-0.2, 0) is 5.41 Å². The third-order valence-corrected chi connectivity index (χ3v) is 6.24. The minimum Gasteiger partial charge on any atom is -0.0616 e. The van der Waals surface area contributed by atoms with Crippen molar-refractivity contribution in [2.24, 2.45) is 0 Å². The minimum absolute atomic E-state index is 0.0132. The van der Waals surface area contributed by atoms with Crippen LogP contribution in [0.25, 0.3) is 33.0 Å². The van der Waals surface area contributed by atoms with Crippen molar-refractivity contribution in [1.82, 2.24) is 0 Å². The summed E-state index contributed by atoms with van der Waals surface area (Å²) in [5.41, 5.74) is 11.0. The summed E-state index contributed by atoms with van der Waals surface area (Å²) in [5.74, 6) is 0. The smallest absolute Gasteiger partial charge is 0.0159 e. The highest BCUT2D eigenvalue weighted by atomic mass is 14.4. The molecule has 0 fully saturated rings. The van der Waals surface area contributed by atoms with Crippen LogP contribution >= 0.6 is 0 Å². The van der Waals surface area contributed by atoms with Gasteiger partial charge in [0.1, 0.15) is 0 Å². The Morgan fingerprint density at radius 2 is 1.37 bits per heavy atom. The average molecular weight is 348 g/mol. The van der Waals surface area contributed by atoms with Gasteiger partial charge in [0, 0.05) is 5.41 Å². The molecule has 0 saturated carbocycles. The van der Waals surface area contributed by atoms with Gasteiger partial charge in [-0.3, -0.25) is 0 Å². The first-order chi connectivity index (χ1) is 13.0. The van der Waals surface area contributed by atoms with E-state index < -0.39 is 0 Å². The van der Waals surface area contributed by atoms with Gasteiger partial charge in [0.25, 0.3) is 0 Å². The molecule has 0 heteroatoms. The molecule has 5 rings (SSSR count). The summed E-state index contributed by atoms with van der Waals surface area (Å²) in [6, 6.07) is 27.1. The Balaban J connectivity index is 1.81. The third kappa shape index (κ3) is 2.29. The van der Waals surface area contributed by atoms with Crippen LogP contribution in [0.1, 0.15) is 36.1 Å². The molecule has 0 bridgehead atoms. The molecule has 1 aliphatic rings. The Kier molecular flexibility index (Phi) is 3.37. The molecule has 0 unspecified atom stereocenters. The number of hydrogen-bond donors (Lipinski definition) is 0. The number of aryl methyl sites for hydroxylation is 2. The van der Waals surface area contributed by atoms with Gasteiger partial charge in [-0.25, -0.2) is 0 Å². The quantitative estimate of drug-likeness (QED) is 0.335. The number of fused-ring (bicyclic) bond motifs is 5. The highest BCUT2D eigenvalue weighted by Gasteiger charge is 2.37. The molecule has 27 heavy (non-hydrogen) atoms. The molecule has 0 radical (unpaired) electrons. The molecule has 0 aromatic heterocycles. The van der Waals surface area contributed by atoms with Crippen molar-refractivity contribution in [3.05, 3.63) is 95.1 Å². The van der Waals surface area contributed by atoms with Gasteiger partial charge in [-0.1, -0.05) is 86.1 Å². The Bertz CT molecular complexity index is 1210. The zero-order chi connectivity index (χ0) is 18.8. The Morgan fingerprint density at radius 1 is 0.630 bits per heavy atom. The molecule has 132 valence electrons. The summed E-state index contributed by atoms with van der Waals surface area (Å²) < 4.78 is 0. The van der Waals surface area contributed by atoms with Crippen molar-refractivity contribution in [3.8, 4) is 22.3 Å². The molecule has 0 atom stereocenters. The first kappa shape index (κ1) is 16.3. The van der Waals surface area contributed by atoms with Crippen molar-refractivity contribution in [2.45, 2.75) is 33.1 Å². The lowest BCUT2D eigenvalue weighted by Crippen LogP contribution is -2.15. The zero-order valence-electron chi connectivity index (χ0n) is 16.4. The van der Waals surface area contributed by atoms with Gasteiger partial charge in [-0.15, -0.1) is 0 Å². The monoisotopic (exact) mass is 348 g/mol. The van der Waals surface area contributed by atoms with E-state index >= 15 is 0 Å². The SMILES string of the molecule is Cc1cccc(-c2ccc3c(c2)C(C)(C)c2cc(C)c4ccccc4c2-3)c1. The molecule has 0 amide bonds. The maximum Gasteiger partial charge on any atom is 0.0159 e. The second-order valence-electron chi connectivity index (χ2n) is 8.42. The number of hydrogen-bond acceptors (Lipinski definition) is 0. The summed E-state index contributed by atoms with van der Waals surface area (Å²) in [6.07, 6.45) is 0. The lowest BCUT2D eigenvalue weighted by molar-refractivity contribution is 0.660. The Labute approximate surface area is 161 Å².